The number of benzene rings is 1. The van der Waals surface area contributed by atoms with Crippen molar-refractivity contribution in [2.24, 2.45) is 0 Å². The van der Waals surface area contributed by atoms with E-state index in [-0.39, 0.29) is 0 Å². The summed E-state index contributed by atoms with van der Waals surface area (Å²) in [5.74, 6) is 0. The molecule has 1 saturated carbocycles. The van der Waals surface area contributed by atoms with Crippen molar-refractivity contribution < 1.29 is 8.42 Å². The summed E-state index contributed by atoms with van der Waals surface area (Å²) in [6.45, 7) is 0. The lowest BCUT2D eigenvalue weighted by atomic mass is 9.95. The minimum Gasteiger partial charge on any atom is -0.381 e. The Hall–Kier alpha value is -1.07. The molecule has 0 spiro atoms. The van der Waals surface area contributed by atoms with Crippen LogP contribution in [0.1, 0.15) is 32.1 Å². The molecule has 18 heavy (non-hydrogen) atoms. The van der Waals surface area contributed by atoms with E-state index in [1.54, 1.807) is 12.1 Å². The zero-order valence-electron chi connectivity index (χ0n) is 10.6. The second-order valence-electron chi connectivity index (χ2n) is 4.68. The van der Waals surface area contributed by atoms with Crippen LogP contribution >= 0.6 is 0 Å². The molecular formula is C13H20N2O2S. The first-order chi connectivity index (χ1) is 8.63. The van der Waals surface area contributed by atoms with Crippen molar-refractivity contribution in [1.29, 1.82) is 0 Å². The summed E-state index contributed by atoms with van der Waals surface area (Å²) in [5, 5.41) is 3.37. The lowest BCUT2D eigenvalue weighted by Gasteiger charge is -2.25. The fourth-order valence-electron chi connectivity index (χ4n) is 2.40. The molecule has 2 rings (SSSR count). The molecule has 5 heteroatoms. The van der Waals surface area contributed by atoms with E-state index in [9.17, 15) is 8.42 Å². The van der Waals surface area contributed by atoms with Gasteiger partial charge in [-0.15, -0.1) is 0 Å². The SMILES string of the molecule is CNS(=O)(=O)c1ccccc1NC1CCCCC1. The molecule has 0 saturated heterocycles. The molecule has 1 aromatic carbocycles. The summed E-state index contributed by atoms with van der Waals surface area (Å²) >= 11 is 0. The lowest BCUT2D eigenvalue weighted by molar-refractivity contribution is 0.462. The molecule has 2 N–H and O–H groups in total. The number of para-hydroxylation sites is 1. The first kappa shape index (κ1) is 13.4. The van der Waals surface area contributed by atoms with Gasteiger partial charge in [0.05, 0.1) is 5.69 Å². The Morgan fingerprint density at radius 3 is 2.44 bits per heavy atom. The van der Waals surface area contributed by atoms with Gasteiger partial charge in [0.15, 0.2) is 0 Å². The number of hydrogen-bond acceptors (Lipinski definition) is 3. The van der Waals surface area contributed by atoms with Crippen molar-refractivity contribution in [3.63, 3.8) is 0 Å². The Bertz CT molecular complexity index is 493. The average molecular weight is 268 g/mol. The minimum atomic E-state index is -3.39. The van der Waals surface area contributed by atoms with Crippen LogP contribution < -0.4 is 10.0 Å². The van der Waals surface area contributed by atoms with Crippen LogP contribution in [0.4, 0.5) is 5.69 Å². The maximum absolute atomic E-state index is 11.9. The Morgan fingerprint density at radius 1 is 1.11 bits per heavy atom. The molecular weight excluding hydrogens is 248 g/mol. The highest BCUT2D eigenvalue weighted by Gasteiger charge is 2.19. The van der Waals surface area contributed by atoms with Gasteiger partial charge < -0.3 is 5.32 Å². The summed E-state index contributed by atoms with van der Waals surface area (Å²) in [5.41, 5.74) is 0.707. The van der Waals surface area contributed by atoms with E-state index in [2.05, 4.69) is 10.0 Å². The highest BCUT2D eigenvalue weighted by Crippen LogP contribution is 2.25. The largest absolute Gasteiger partial charge is 0.381 e. The number of anilines is 1. The van der Waals surface area contributed by atoms with Gasteiger partial charge >= 0.3 is 0 Å². The predicted molar refractivity (Wildman–Crippen MR) is 73.2 cm³/mol. The van der Waals surface area contributed by atoms with E-state index in [0.29, 0.717) is 16.6 Å². The van der Waals surface area contributed by atoms with Crippen molar-refractivity contribution >= 4 is 15.7 Å². The van der Waals surface area contributed by atoms with Crippen LogP contribution in [0.15, 0.2) is 29.2 Å². The molecule has 100 valence electrons. The van der Waals surface area contributed by atoms with Crippen LogP contribution in [0.2, 0.25) is 0 Å². The standard InChI is InChI=1S/C13H20N2O2S/c1-14-18(16,17)13-10-6-5-9-12(13)15-11-7-3-2-4-8-11/h5-6,9-11,14-15H,2-4,7-8H2,1H3. The molecule has 1 aliphatic rings. The Morgan fingerprint density at radius 2 is 1.78 bits per heavy atom. The average Bonchev–Trinajstić information content (AvgIpc) is 2.40. The molecule has 0 amide bonds. The van der Waals surface area contributed by atoms with E-state index >= 15 is 0 Å². The van der Waals surface area contributed by atoms with E-state index in [1.165, 1.54) is 26.3 Å². The summed E-state index contributed by atoms with van der Waals surface area (Å²) in [6, 6.07) is 7.47. The topological polar surface area (TPSA) is 58.2 Å². The Labute approximate surface area is 109 Å². The van der Waals surface area contributed by atoms with E-state index < -0.39 is 10.0 Å². The third kappa shape index (κ3) is 3.03. The Balaban J connectivity index is 2.22. The minimum absolute atomic E-state index is 0.332. The number of sulfonamides is 1. The van der Waals surface area contributed by atoms with Crippen molar-refractivity contribution in [1.82, 2.24) is 4.72 Å². The summed E-state index contributed by atoms with van der Waals surface area (Å²) < 4.78 is 26.2. The van der Waals surface area contributed by atoms with Crippen molar-refractivity contribution in [2.45, 2.75) is 43.0 Å². The molecule has 1 fully saturated rings. The molecule has 0 atom stereocenters. The molecule has 0 radical (unpaired) electrons. The van der Waals surface area contributed by atoms with Crippen molar-refractivity contribution in [2.75, 3.05) is 12.4 Å². The van der Waals surface area contributed by atoms with E-state index in [0.717, 1.165) is 12.8 Å². The maximum atomic E-state index is 11.9. The van der Waals surface area contributed by atoms with Gasteiger partial charge in [-0.25, -0.2) is 13.1 Å². The van der Waals surface area contributed by atoms with Gasteiger partial charge in [-0.3, -0.25) is 0 Å². The van der Waals surface area contributed by atoms with Gasteiger partial charge in [0.2, 0.25) is 10.0 Å². The number of nitrogens with one attached hydrogen (secondary N) is 2. The van der Waals surface area contributed by atoms with Gasteiger partial charge in [0, 0.05) is 6.04 Å². The monoisotopic (exact) mass is 268 g/mol. The number of rotatable bonds is 4. The second-order valence-corrected chi connectivity index (χ2v) is 6.54. The van der Waals surface area contributed by atoms with Crippen LogP contribution in [-0.4, -0.2) is 21.5 Å². The molecule has 0 aromatic heterocycles. The van der Waals surface area contributed by atoms with Crippen LogP contribution in [-0.2, 0) is 10.0 Å². The first-order valence-electron chi connectivity index (χ1n) is 6.42. The molecule has 0 bridgehead atoms. The Kier molecular flexibility index (Phi) is 4.24. The lowest BCUT2D eigenvalue weighted by Crippen LogP contribution is -2.25. The molecule has 1 aromatic rings. The van der Waals surface area contributed by atoms with Gasteiger partial charge in [0.25, 0.3) is 0 Å². The second kappa shape index (κ2) is 5.71. The van der Waals surface area contributed by atoms with Gasteiger partial charge in [0.1, 0.15) is 4.90 Å². The zero-order chi connectivity index (χ0) is 13.0. The fourth-order valence-corrected chi connectivity index (χ4v) is 3.29. The van der Waals surface area contributed by atoms with Gasteiger partial charge in [-0.1, -0.05) is 31.4 Å². The third-order valence-corrected chi connectivity index (χ3v) is 4.88. The smallest absolute Gasteiger partial charge is 0.242 e. The van der Waals surface area contributed by atoms with Crippen molar-refractivity contribution in [3.8, 4) is 0 Å². The highest BCUT2D eigenvalue weighted by molar-refractivity contribution is 7.89. The van der Waals surface area contributed by atoms with E-state index in [1.807, 2.05) is 12.1 Å². The fraction of sp³-hybridized carbons (Fsp3) is 0.538. The third-order valence-electron chi connectivity index (χ3n) is 3.41. The number of hydrogen-bond donors (Lipinski definition) is 2. The van der Waals surface area contributed by atoms with Crippen molar-refractivity contribution in [3.05, 3.63) is 24.3 Å². The quantitative estimate of drug-likeness (QED) is 0.881. The molecule has 0 unspecified atom stereocenters. The predicted octanol–water partition coefficient (Wildman–Crippen LogP) is 2.34. The zero-order valence-corrected chi connectivity index (χ0v) is 11.5. The molecule has 0 aliphatic heterocycles. The maximum Gasteiger partial charge on any atom is 0.242 e. The van der Waals surface area contributed by atoms with Crippen LogP contribution in [0, 0.1) is 0 Å². The summed E-state index contributed by atoms with van der Waals surface area (Å²) in [4.78, 5) is 0.332. The summed E-state index contributed by atoms with van der Waals surface area (Å²) in [6.07, 6.45) is 5.97. The normalized spacial score (nSPS) is 17.6. The van der Waals surface area contributed by atoms with Gasteiger partial charge in [-0.2, -0.15) is 0 Å². The molecule has 4 nitrogen and oxygen atoms in total. The molecule has 0 heterocycles. The van der Waals surface area contributed by atoms with Crippen LogP contribution in [0.3, 0.4) is 0 Å². The summed E-state index contributed by atoms with van der Waals surface area (Å²) in [7, 11) is -1.95. The van der Waals surface area contributed by atoms with Gasteiger partial charge in [-0.05, 0) is 32.0 Å². The van der Waals surface area contributed by atoms with Crippen LogP contribution in [0.25, 0.3) is 0 Å². The highest BCUT2D eigenvalue weighted by atomic mass is 32.2. The van der Waals surface area contributed by atoms with Crippen LogP contribution in [0.5, 0.6) is 0 Å². The van der Waals surface area contributed by atoms with E-state index in [4.69, 9.17) is 0 Å². The molecule has 1 aliphatic carbocycles. The first-order valence-corrected chi connectivity index (χ1v) is 7.91.